The molecule has 1 aliphatic carbocycles. The van der Waals surface area contributed by atoms with E-state index in [1.807, 2.05) is 12.3 Å². The van der Waals surface area contributed by atoms with E-state index in [0.29, 0.717) is 6.04 Å². The second kappa shape index (κ2) is 5.44. The quantitative estimate of drug-likeness (QED) is 0.821. The van der Waals surface area contributed by atoms with Gasteiger partial charge in [0.25, 0.3) is 0 Å². The third-order valence-corrected chi connectivity index (χ3v) is 3.65. The minimum atomic E-state index is 0.617. The summed E-state index contributed by atoms with van der Waals surface area (Å²) in [5.74, 6) is 0.979. The van der Waals surface area contributed by atoms with Crippen molar-refractivity contribution in [3.8, 4) is 0 Å². The SMILES string of the molecule is Cc1cccnc1CNC(C)CC1CCC1. The first-order valence-electron chi connectivity index (χ1n) is 6.39. The second-order valence-corrected chi connectivity index (χ2v) is 5.08. The third-order valence-electron chi connectivity index (χ3n) is 3.65. The van der Waals surface area contributed by atoms with Crippen LogP contribution in [-0.2, 0) is 6.54 Å². The van der Waals surface area contributed by atoms with E-state index in [-0.39, 0.29) is 0 Å². The minimum absolute atomic E-state index is 0.617. The van der Waals surface area contributed by atoms with Crippen LogP contribution in [0.1, 0.15) is 43.9 Å². The van der Waals surface area contributed by atoms with Gasteiger partial charge < -0.3 is 5.32 Å². The molecule has 0 amide bonds. The van der Waals surface area contributed by atoms with E-state index in [0.717, 1.165) is 12.5 Å². The zero-order chi connectivity index (χ0) is 11.4. The van der Waals surface area contributed by atoms with Crippen LogP contribution in [0.3, 0.4) is 0 Å². The number of hydrogen-bond donors (Lipinski definition) is 1. The van der Waals surface area contributed by atoms with Gasteiger partial charge in [-0.25, -0.2) is 0 Å². The fourth-order valence-corrected chi connectivity index (χ4v) is 2.29. The van der Waals surface area contributed by atoms with Crippen molar-refractivity contribution in [1.29, 1.82) is 0 Å². The molecule has 16 heavy (non-hydrogen) atoms. The van der Waals surface area contributed by atoms with Gasteiger partial charge in [-0.05, 0) is 37.8 Å². The maximum Gasteiger partial charge on any atom is 0.0570 e. The number of aromatic nitrogens is 1. The number of aryl methyl sites for hydroxylation is 1. The van der Waals surface area contributed by atoms with Crippen LogP contribution >= 0.6 is 0 Å². The maximum atomic E-state index is 4.40. The summed E-state index contributed by atoms with van der Waals surface area (Å²) in [7, 11) is 0. The van der Waals surface area contributed by atoms with Crippen LogP contribution in [-0.4, -0.2) is 11.0 Å². The van der Waals surface area contributed by atoms with Crippen molar-refractivity contribution in [2.45, 2.75) is 52.1 Å². The van der Waals surface area contributed by atoms with Crippen molar-refractivity contribution in [2.75, 3.05) is 0 Å². The Labute approximate surface area is 98.5 Å². The van der Waals surface area contributed by atoms with Gasteiger partial charge >= 0.3 is 0 Å². The summed E-state index contributed by atoms with van der Waals surface area (Å²) in [6.07, 6.45) is 7.52. The van der Waals surface area contributed by atoms with Crippen molar-refractivity contribution >= 4 is 0 Å². The predicted molar refractivity (Wildman–Crippen MR) is 67.2 cm³/mol. The lowest BCUT2D eigenvalue weighted by molar-refractivity contribution is 0.265. The Balaban J connectivity index is 1.75. The Morgan fingerprint density at radius 1 is 1.50 bits per heavy atom. The number of nitrogens with one attached hydrogen (secondary N) is 1. The largest absolute Gasteiger partial charge is 0.309 e. The predicted octanol–water partition coefficient (Wildman–Crippen LogP) is 3.06. The number of hydrogen-bond acceptors (Lipinski definition) is 2. The van der Waals surface area contributed by atoms with Gasteiger partial charge in [0, 0.05) is 18.8 Å². The summed E-state index contributed by atoms with van der Waals surface area (Å²) < 4.78 is 0. The molecule has 2 rings (SSSR count). The first-order valence-corrected chi connectivity index (χ1v) is 6.39. The normalized spacial score (nSPS) is 18.1. The molecule has 1 unspecified atom stereocenters. The Hall–Kier alpha value is -0.890. The molecule has 1 saturated carbocycles. The standard InChI is InChI=1S/C14H22N2/c1-11-5-4-8-15-14(11)10-16-12(2)9-13-6-3-7-13/h4-5,8,12-13,16H,3,6-7,9-10H2,1-2H3. The molecule has 0 aromatic carbocycles. The lowest BCUT2D eigenvalue weighted by Gasteiger charge is -2.28. The third kappa shape index (κ3) is 3.05. The summed E-state index contributed by atoms with van der Waals surface area (Å²) in [5, 5.41) is 3.58. The van der Waals surface area contributed by atoms with Crippen LogP contribution < -0.4 is 5.32 Å². The highest BCUT2D eigenvalue weighted by Crippen LogP contribution is 2.30. The van der Waals surface area contributed by atoms with E-state index >= 15 is 0 Å². The van der Waals surface area contributed by atoms with Gasteiger partial charge in [0.1, 0.15) is 0 Å². The molecule has 1 fully saturated rings. The lowest BCUT2D eigenvalue weighted by Crippen LogP contribution is -2.30. The summed E-state index contributed by atoms with van der Waals surface area (Å²) in [4.78, 5) is 4.40. The van der Waals surface area contributed by atoms with E-state index < -0.39 is 0 Å². The van der Waals surface area contributed by atoms with Crippen molar-refractivity contribution < 1.29 is 0 Å². The highest BCUT2D eigenvalue weighted by Gasteiger charge is 2.19. The van der Waals surface area contributed by atoms with Crippen molar-refractivity contribution in [2.24, 2.45) is 5.92 Å². The smallest absolute Gasteiger partial charge is 0.0570 e. The molecule has 88 valence electrons. The zero-order valence-electron chi connectivity index (χ0n) is 10.4. The second-order valence-electron chi connectivity index (χ2n) is 5.08. The summed E-state index contributed by atoms with van der Waals surface area (Å²) in [5.41, 5.74) is 2.47. The van der Waals surface area contributed by atoms with Crippen LogP contribution in [0, 0.1) is 12.8 Å². The average molecular weight is 218 g/mol. The van der Waals surface area contributed by atoms with Gasteiger partial charge in [0.05, 0.1) is 5.69 Å². The molecule has 2 heteroatoms. The average Bonchev–Trinajstić information content (AvgIpc) is 2.22. The van der Waals surface area contributed by atoms with Gasteiger partial charge in [-0.3, -0.25) is 4.98 Å². The molecule has 1 heterocycles. The van der Waals surface area contributed by atoms with Crippen LogP contribution in [0.4, 0.5) is 0 Å². The summed E-state index contributed by atoms with van der Waals surface area (Å²) in [6.45, 7) is 5.32. The van der Waals surface area contributed by atoms with Crippen molar-refractivity contribution in [3.63, 3.8) is 0 Å². The molecule has 0 radical (unpaired) electrons. The van der Waals surface area contributed by atoms with Gasteiger partial charge in [-0.15, -0.1) is 0 Å². The summed E-state index contributed by atoms with van der Waals surface area (Å²) in [6, 6.07) is 4.74. The number of rotatable bonds is 5. The van der Waals surface area contributed by atoms with E-state index in [1.54, 1.807) is 0 Å². The fraction of sp³-hybridized carbons (Fsp3) is 0.643. The molecule has 1 atom stereocenters. The monoisotopic (exact) mass is 218 g/mol. The minimum Gasteiger partial charge on any atom is -0.309 e. The summed E-state index contributed by atoms with van der Waals surface area (Å²) >= 11 is 0. The zero-order valence-corrected chi connectivity index (χ0v) is 10.4. The molecule has 1 aromatic heterocycles. The Morgan fingerprint density at radius 2 is 2.31 bits per heavy atom. The van der Waals surface area contributed by atoms with Crippen LogP contribution in [0.25, 0.3) is 0 Å². The van der Waals surface area contributed by atoms with E-state index in [1.165, 1.54) is 36.9 Å². The van der Waals surface area contributed by atoms with E-state index in [4.69, 9.17) is 0 Å². The van der Waals surface area contributed by atoms with Crippen LogP contribution in [0.15, 0.2) is 18.3 Å². The molecule has 0 saturated heterocycles. The molecule has 1 aromatic rings. The molecule has 0 bridgehead atoms. The highest BCUT2D eigenvalue weighted by atomic mass is 14.9. The number of nitrogens with zero attached hydrogens (tertiary/aromatic N) is 1. The molecule has 1 N–H and O–H groups in total. The molecule has 1 aliphatic rings. The van der Waals surface area contributed by atoms with Crippen LogP contribution in [0.5, 0.6) is 0 Å². The molecule has 0 aliphatic heterocycles. The number of pyridine rings is 1. The lowest BCUT2D eigenvalue weighted by atomic mass is 9.81. The first-order chi connectivity index (χ1) is 7.75. The highest BCUT2D eigenvalue weighted by molar-refractivity contribution is 5.17. The van der Waals surface area contributed by atoms with Gasteiger partial charge in [-0.1, -0.05) is 25.3 Å². The van der Waals surface area contributed by atoms with Crippen molar-refractivity contribution in [3.05, 3.63) is 29.6 Å². The Kier molecular flexibility index (Phi) is 3.94. The van der Waals surface area contributed by atoms with Crippen LogP contribution in [0.2, 0.25) is 0 Å². The van der Waals surface area contributed by atoms with Crippen molar-refractivity contribution in [1.82, 2.24) is 10.3 Å². The van der Waals surface area contributed by atoms with Gasteiger partial charge in [0.15, 0.2) is 0 Å². The molecule has 0 spiro atoms. The topological polar surface area (TPSA) is 24.9 Å². The first kappa shape index (κ1) is 11.6. The van der Waals surface area contributed by atoms with Gasteiger partial charge in [0.2, 0.25) is 0 Å². The molecule has 2 nitrogen and oxygen atoms in total. The fourth-order valence-electron chi connectivity index (χ4n) is 2.29. The maximum absolute atomic E-state index is 4.40. The van der Waals surface area contributed by atoms with E-state index in [2.05, 4.69) is 30.2 Å². The Morgan fingerprint density at radius 3 is 2.94 bits per heavy atom. The van der Waals surface area contributed by atoms with Gasteiger partial charge in [-0.2, -0.15) is 0 Å². The molecular weight excluding hydrogens is 196 g/mol. The molecular formula is C14H22N2. The van der Waals surface area contributed by atoms with E-state index in [9.17, 15) is 0 Å². The Bertz CT molecular complexity index is 331.